The van der Waals surface area contributed by atoms with Crippen molar-refractivity contribution in [3.8, 4) is 0 Å². The van der Waals surface area contributed by atoms with Gasteiger partial charge in [0.1, 0.15) is 0 Å². The summed E-state index contributed by atoms with van der Waals surface area (Å²) >= 11 is 0. The fourth-order valence-corrected chi connectivity index (χ4v) is 0.518. The second-order valence-electron chi connectivity index (χ2n) is 2.67. The Bertz CT molecular complexity index is 301. The third kappa shape index (κ3) is 12.7. The van der Waals surface area contributed by atoms with Crippen LogP contribution in [0.2, 0.25) is 0 Å². The van der Waals surface area contributed by atoms with E-state index in [-0.39, 0.29) is 18.5 Å². The smallest absolute Gasteiger partial charge is 0.422 e. The average Bonchev–Trinajstić information content (AvgIpc) is 2.09. The number of ether oxygens (including phenoxy) is 2. The van der Waals surface area contributed by atoms with Crippen molar-refractivity contribution in [1.82, 2.24) is 0 Å². The summed E-state index contributed by atoms with van der Waals surface area (Å²) in [4.78, 5) is 10.6. The third-order valence-electron chi connectivity index (χ3n) is 1.04. The number of nitrogens with two attached hydrogens (primary N) is 1. The molecule has 11 heteroatoms. The quantitative estimate of drug-likeness (QED) is 0.373. The summed E-state index contributed by atoms with van der Waals surface area (Å²) in [6.45, 7) is -3.63. The number of halogens is 7. The summed E-state index contributed by atoms with van der Waals surface area (Å²) in [7, 11) is 0. The Labute approximate surface area is 103 Å². The van der Waals surface area contributed by atoms with E-state index in [2.05, 4.69) is 9.47 Å². The van der Waals surface area contributed by atoms with E-state index < -0.39 is 37.4 Å². The molecule has 0 spiro atoms. The highest BCUT2D eigenvalue weighted by Crippen LogP contribution is 2.16. The van der Waals surface area contributed by atoms with Crippen molar-refractivity contribution < 1.29 is 40.6 Å². The monoisotopic (exact) mass is 303 g/mol. The molecule has 0 aliphatic carbocycles. The molecule has 0 aromatic rings. The molecule has 0 aromatic heterocycles. The van der Waals surface area contributed by atoms with Crippen LogP contribution in [0, 0.1) is 0 Å². The van der Waals surface area contributed by atoms with E-state index in [4.69, 9.17) is 5.73 Å². The summed E-state index contributed by atoms with van der Waals surface area (Å²) in [5.74, 6) is -2.54. The minimum Gasteiger partial charge on any atom is -0.470 e. The molecule has 0 amide bonds. The Morgan fingerprint density at radius 3 is 1.78 bits per heavy atom. The Hall–Kier alpha value is -1.32. The first-order valence-electron chi connectivity index (χ1n) is 3.90. The van der Waals surface area contributed by atoms with Crippen molar-refractivity contribution in [2.45, 2.75) is 12.4 Å². The van der Waals surface area contributed by atoms with Gasteiger partial charge in [0.2, 0.25) is 0 Å². The lowest BCUT2D eigenvalue weighted by atomic mass is 10.5. The largest absolute Gasteiger partial charge is 0.470 e. The van der Waals surface area contributed by atoms with Gasteiger partial charge >= 0.3 is 18.3 Å². The van der Waals surface area contributed by atoms with Gasteiger partial charge in [0.25, 0.3) is 0 Å². The molecular formula is C7H8ClF6NO3. The van der Waals surface area contributed by atoms with Crippen LogP contribution >= 0.6 is 12.4 Å². The summed E-state index contributed by atoms with van der Waals surface area (Å²) in [5, 5.41) is 0. The number of rotatable bonds is 4. The van der Waals surface area contributed by atoms with Gasteiger partial charge in [0.05, 0.1) is 6.08 Å². The van der Waals surface area contributed by atoms with E-state index >= 15 is 0 Å². The van der Waals surface area contributed by atoms with E-state index in [9.17, 15) is 31.1 Å². The highest BCUT2D eigenvalue weighted by molar-refractivity contribution is 5.85. The number of hydrogen-bond acceptors (Lipinski definition) is 4. The van der Waals surface area contributed by atoms with Gasteiger partial charge in [-0.25, -0.2) is 4.79 Å². The van der Waals surface area contributed by atoms with Crippen molar-refractivity contribution in [3.05, 3.63) is 12.0 Å². The van der Waals surface area contributed by atoms with Gasteiger partial charge in [-0.15, -0.1) is 12.4 Å². The molecule has 4 nitrogen and oxygen atoms in total. The average molecular weight is 304 g/mol. The molecule has 2 N–H and O–H groups in total. The summed E-state index contributed by atoms with van der Waals surface area (Å²) < 4.78 is 76.9. The van der Waals surface area contributed by atoms with Crippen molar-refractivity contribution in [1.29, 1.82) is 0 Å². The van der Waals surface area contributed by atoms with Gasteiger partial charge in [-0.1, -0.05) is 0 Å². The Morgan fingerprint density at radius 1 is 1.00 bits per heavy atom. The Kier molecular flexibility index (Phi) is 7.60. The number of carbonyl (C=O) groups is 1. The van der Waals surface area contributed by atoms with Crippen LogP contribution in [0.15, 0.2) is 12.0 Å². The first-order chi connectivity index (χ1) is 7.49. The van der Waals surface area contributed by atoms with Gasteiger partial charge in [0, 0.05) is 0 Å². The van der Waals surface area contributed by atoms with E-state index in [1.807, 2.05) is 0 Å². The van der Waals surface area contributed by atoms with Crippen molar-refractivity contribution in [2.24, 2.45) is 5.73 Å². The first kappa shape index (κ1) is 19.0. The molecule has 108 valence electrons. The zero-order chi connectivity index (χ0) is 13.7. The van der Waals surface area contributed by atoms with E-state index in [1.165, 1.54) is 0 Å². The second-order valence-corrected chi connectivity index (χ2v) is 2.67. The number of alkyl halides is 6. The number of hydrogen-bond donors (Lipinski definition) is 1. The highest BCUT2D eigenvalue weighted by atomic mass is 35.5. The maximum atomic E-state index is 11.6. The second kappa shape index (κ2) is 7.19. The maximum absolute atomic E-state index is 11.6. The van der Waals surface area contributed by atoms with Crippen molar-refractivity contribution in [2.75, 3.05) is 13.2 Å². The molecule has 0 radical (unpaired) electrons. The minimum absolute atomic E-state index is 0. The van der Waals surface area contributed by atoms with E-state index in [0.717, 1.165) is 0 Å². The van der Waals surface area contributed by atoms with Crippen LogP contribution in [0.1, 0.15) is 0 Å². The lowest BCUT2D eigenvalue weighted by Gasteiger charge is -2.09. The summed E-state index contributed by atoms with van der Waals surface area (Å²) in [5.41, 5.74) is 4.78. The van der Waals surface area contributed by atoms with Crippen molar-refractivity contribution in [3.63, 3.8) is 0 Å². The molecule has 0 saturated heterocycles. The van der Waals surface area contributed by atoms with Crippen LogP contribution < -0.4 is 5.73 Å². The SMILES string of the molecule is Cl.N/C(=C\C(=O)OCC(F)(F)F)OCC(F)(F)F. The number of esters is 1. The molecular weight excluding hydrogens is 296 g/mol. The molecule has 0 unspecified atom stereocenters. The normalized spacial score (nSPS) is 12.7. The Balaban J connectivity index is 0. The molecule has 0 saturated carbocycles. The van der Waals surface area contributed by atoms with E-state index in [1.54, 1.807) is 0 Å². The molecule has 18 heavy (non-hydrogen) atoms. The molecule has 0 fully saturated rings. The zero-order valence-corrected chi connectivity index (χ0v) is 9.29. The predicted molar refractivity (Wildman–Crippen MR) is 48.5 cm³/mol. The lowest BCUT2D eigenvalue weighted by Crippen LogP contribution is -2.22. The van der Waals surface area contributed by atoms with Gasteiger partial charge < -0.3 is 15.2 Å². The molecule has 0 aromatic carbocycles. The molecule has 0 aliphatic rings. The van der Waals surface area contributed by atoms with E-state index in [0.29, 0.717) is 0 Å². The van der Waals surface area contributed by atoms with Crippen LogP contribution in [0.25, 0.3) is 0 Å². The molecule has 0 bridgehead atoms. The van der Waals surface area contributed by atoms with Crippen LogP contribution in [0.3, 0.4) is 0 Å². The zero-order valence-electron chi connectivity index (χ0n) is 8.47. The molecule has 0 aliphatic heterocycles. The lowest BCUT2D eigenvalue weighted by molar-refractivity contribution is -0.183. The summed E-state index contributed by atoms with van der Waals surface area (Å²) in [6, 6.07) is 0. The molecule has 0 heterocycles. The fraction of sp³-hybridized carbons (Fsp3) is 0.571. The summed E-state index contributed by atoms with van der Waals surface area (Å²) in [6.07, 6.45) is -9.23. The van der Waals surface area contributed by atoms with Gasteiger partial charge in [-0.05, 0) is 0 Å². The number of carbonyl (C=O) groups excluding carboxylic acids is 1. The highest BCUT2D eigenvalue weighted by Gasteiger charge is 2.30. The third-order valence-corrected chi connectivity index (χ3v) is 1.04. The molecule has 0 rings (SSSR count). The van der Waals surface area contributed by atoms with Crippen molar-refractivity contribution >= 4 is 18.4 Å². The first-order valence-corrected chi connectivity index (χ1v) is 3.90. The van der Waals surface area contributed by atoms with Crippen LogP contribution in [0.4, 0.5) is 26.3 Å². The van der Waals surface area contributed by atoms with Gasteiger partial charge in [-0.2, -0.15) is 26.3 Å². The van der Waals surface area contributed by atoms with Gasteiger partial charge in [-0.3, -0.25) is 0 Å². The maximum Gasteiger partial charge on any atom is 0.422 e. The minimum atomic E-state index is -4.73. The standard InChI is InChI=1S/C7H7F6NO3.ClH/c8-6(9,10)2-16-4(14)1-5(15)17-3-7(11,12)13;/h1H,2-3,14H2;1H/b4-1+;. The van der Waals surface area contributed by atoms with Gasteiger partial charge in [0.15, 0.2) is 19.1 Å². The van der Waals surface area contributed by atoms with Crippen LogP contribution in [-0.4, -0.2) is 31.5 Å². The predicted octanol–water partition coefficient (Wildman–Crippen LogP) is 1.89. The topological polar surface area (TPSA) is 61.6 Å². The Morgan fingerprint density at radius 2 is 1.39 bits per heavy atom. The van der Waals surface area contributed by atoms with Crippen LogP contribution in [0.5, 0.6) is 0 Å². The molecule has 0 atom stereocenters. The van der Waals surface area contributed by atoms with Crippen LogP contribution in [-0.2, 0) is 14.3 Å². The fourth-order valence-electron chi connectivity index (χ4n) is 0.518.